The molecule has 7 heteroatoms. The van der Waals surface area contributed by atoms with Gasteiger partial charge in [-0.25, -0.2) is 0 Å². The summed E-state index contributed by atoms with van der Waals surface area (Å²) in [5.41, 5.74) is 0.797. The molecule has 0 saturated carbocycles. The van der Waals surface area contributed by atoms with Crippen molar-refractivity contribution in [2.45, 2.75) is 18.9 Å². The number of carbonyl (C=O) groups is 4. The minimum absolute atomic E-state index is 0.136. The van der Waals surface area contributed by atoms with E-state index >= 15 is 0 Å². The van der Waals surface area contributed by atoms with Crippen molar-refractivity contribution in [2.75, 3.05) is 4.93 Å². The molecule has 3 rings (SSSR count). The van der Waals surface area contributed by atoms with Gasteiger partial charge in [-0.2, -0.15) is 0 Å². The number of hydrogen-bond donors (Lipinski definition) is 1. The number of fused-ring (bicyclic) bond motifs is 1. The van der Waals surface area contributed by atoms with Crippen LogP contribution in [0, 0.1) is 3.57 Å². The average Bonchev–Trinajstić information content (AvgIpc) is 2.72. The molecule has 0 aliphatic carbocycles. The van der Waals surface area contributed by atoms with Crippen LogP contribution < -0.4 is 26.5 Å². The fraction of sp³-hybridized carbons (Fsp3) is 0.286. The molecule has 0 spiro atoms. The molecule has 0 aromatic heterocycles. The summed E-state index contributed by atoms with van der Waals surface area (Å²) in [6.45, 7) is 0. The number of nitrogens with zero attached hydrogens (tertiary/aromatic N) is 1. The molecule has 1 aromatic rings. The second kappa shape index (κ2) is 5.21. The Morgan fingerprint density at radius 3 is 2.62 bits per heavy atom. The molecule has 0 bridgehead atoms. The van der Waals surface area contributed by atoms with E-state index in [4.69, 9.17) is 0 Å². The van der Waals surface area contributed by atoms with E-state index in [0.29, 0.717) is 11.1 Å². The van der Waals surface area contributed by atoms with Crippen LogP contribution in [0.15, 0.2) is 18.2 Å². The third-order valence-corrected chi connectivity index (χ3v) is 5.68. The number of imide groups is 2. The SMILES string of the molecule is C[I-]c1cccc2c1C(=O)N(C1CCC(=O)NC1=O)C2=O. The van der Waals surface area contributed by atoms with E-state index in [1.807, 2.05) is 11.0 Å². The van der Waals surface area contributed by atoms with Crippen LogP contribution in [0.25, 0.3) is 0 Å². The summed E-state index contributed by atoms with van der Waals surface area (Å²) in [5, 5.41) is 2.19. The van der Waals surface area contributed by atoms with Gasteiger partial charge in [-0.05, 0) is 0 Å². The zero-order chi connectivity index (χ0) is 15.1. The van der Waals surface area contributed by atoms with Gasteiger partial charge in [0, 0.05) is 0 Å². The number of piperidine rings is 1. The Morgan fingerprint density at radius 2 is 1.95 bits per heavy atom. The van der Waals surface area contributed by atoms with Crippen LogP contribution in [0.5, 0.6) is 0 Å². The van der Waals surface area contributed by atoms with Gasteiger partial charge in [0.25, 0.3) is 0 Å². The number of amides is 4. The molecule has 2 heterocycles. The first kappa shape index (κ1) is 14.2. The third-order valence-electron chi connectivity index (χ3n) is 3.62. The molecule has 1 unspecified atom stereocenters. The van der Waals surface area contributed by atoms with Crippen LogP contribution in [-0.2, 0) is 9.59 Å². The van der Waals surface area contributed by atoms with Gasteiger partial charge in [-0.3, -0.25) is 0 Å². The Labute approximate surface area is 131 Å². The Morgan fingerprint density at radius 1 is 1.19 bits per heavy atom. The van der Waals surface area contributed by atoms with E-state index in [9.17, 15) is 19.2 Å². The number of nitrogens with one attached hydrogen (secondary N) is 1. The number of alkyl halides is 1. The molecule has 1 fully saturated rings. The first-order valence-electron chi connectivity index (χ1n) is 6.38. The maximum absolute atomic E-state index is 12.6. The molecule has 6 nitrogen and oxygen atoms in total. The predicted octanol–water partition coefficient (Wildman–Crippen LogP) is -3.02. The van der Waals surface area contributed by atoms with Gasteiger partial charge in [-0.15, -0.1) is 0 Å². The van der Waals surface area contributed by atoms with Gasteiger partial charge in [0.15, 0.2) is 0 Å². The van der Waals surface area contributed by atoms with Crippen LogP contribution in [0.4, 0.5) is 0 Å². The van der Waals surface area contributed by atoms with E-state index in [-0.39, 0.29) is 40.0 Å². The van der Waals surface area contributed by atoms with E-state index in [2.05, 4.69) is 5.32 Å². The molecule has 1 atom stereocenters. The first-order chi connectivity index (χ1) is 10.0. The van der Waals surface area contributed by atoms with Gasteiger partial charge in [0.2, 0.25) is 0 Å². The molecular formula is C14H12IN2O4-. The van der Waals surface area contributed by atoms with Crippen LogP contribution in [-0.4, -0.2) is 39.5 Å². The second-order valence-electron chi connectivity index (χ2n) is 4.80. The summed E-state index contributed by atoms with van der Waals surface area (Å²) in [6.07, 6.45) is 0.323. The molecule has 1 saturated heterocycles. The van der Waals surface area contributed by atoms with Crippen molar-refractivity contribution in [3.8, 4) is 0 Å². The van der Waals surface area contributed by atoms with Crippen LogP contribution in [0.3, 0.4) is 0 Å². The van der Waals surface area contributed by atoms with E-state index in [1.165, 1.54) is 0 Å². The first-order valence-corrected chi connectivity index (χ1v) is 9.62. The Balaban J connectivity index is 2.00. The average molecular weight is 399 g/mol. The summed E-state index contributed by atoms with van der Waals surface area (Å²) in [4.78, 5) is 51.2. The second-order valence-corrected chi connectivity index (χ2v) is 7.04. The summed E-state index contributed by atoms with van der Waals surface area (Å²) < 4.78 is 0.902. The van der Waals surface area contributed by atoms with Crippen molar-refractivity contribution in [3.63, 3.8) is 0 Å². The minimum atomic E-state index is -0.891. The number of carbonyl (C=O) groups excluding carboxylic acids is 4. The normalized spacial score (nSPS) is 21.8. The van der Waals surface area contributed by atoms with Crippen LogP contribution in [0.1, 0.15) is 33.6 Å². The molecule has 21 heavy (non-hydrogen) atoms. The zero-order valence-electron chi connectivity index (χ0n) is 11.2. The maximum atomic E-state index is 12.6. The summed E-state index contributed by atoms with van der Waals surface area (Å²) in [6, 6.07) is 4.34. The molecule has 110 valence electrons. The summed E-state index contributed by atoms with van der Waals surface area (Å²) >= 11 is -0.353. The molecule has 4 amide bonds. The topological polar surface area (TPSA) is 83.6 Å². The Kier molecular flexibility index (Phi) is 3.52. The number of halogens is 1. The summed E-state index contributed by atoms with van der Waals surface area (Å²) in [5.74, 6) is -1.80. The molecule has 1 aromatic carbocycles. The van der Waals surface area contributed by atoms with E-state index < -0.39 is 23.8 Å². The fourth-order valence-corrected chi connectivity index (χ4v) is 4.26. The van der Waals surface area contributed by atoms with Crippen molar-refractivity contribution in [1.82, 2.24) is 10.2 Å². The standard InChI is InChI=1S/C14H12IN2O4/c1-15-8-4-2-3-7-11(8)14(21)17(13(7)20)9-5-6-10(18)16-12(9)19/h2-4,9H,5-6H2,1H3,(H,16,18,19)/q-1. The van der Waals surface area contributed by atoms with Gasteiger partial charge in [0.1, 0.15) is 0 Å². The van der Waals surface area contributed by atoms with Crippen molar-refractivity contribution in [3.05, 3.63) is 32.9 Å². The Bertz CT molecular complexity index is 686. The Hall–Kier alpha value is -1.77. The van der Waals surface area contributed by atoms with E-state index in [1.54, 1.807) is 12.1 Å². The van der Waals surface area contributed by atoms with Gasteiger partial charge in [0.05, 0.1) is 0 Å². The molecular weight excluding hydrogens is 387 g/mol. The molecule has 0 radical (unpaired) electrons. The van der Waals surface area contributed by atoms with Crippen LogP contribution in [0.2, 0.25) is 0 Å². The molecule has 2 aliphatic heterocycles. The monoisotopic (exact) mass is 399 g/mol. The van der Waals surface area contributed by atoms with Gasteiger partial charge >= 0.3 is 131 Å². The van der Waals surface area contributed by atoms with Crippen LogP contribution >= 0.6 is 0 Å². The molecule has 2 aliphatic rings. The van der Waals surface area contributed by atoms with Gasteiger partial charge in [-0.1, -0.05) is 0 Å². The molecule has 1 N–H and O–H groups in total. The summed E-state index contributed by atoms with van der Waals surface area (Å²) in [7, 11) is 0. The number of hydrogen-bond acceptors (Lipinski definition) is 4. The van der Waals surface area contributed by atoms with Crippen molar-refractivity contribution in [2.24, 2.45) is 0 Å². The quantitative estimate of drug-likeness (QED) is 0.326. The number of benzene rings is 1. The third kappa shape index (κ3) is 2.15. The fourth-order valence-electron chi connectivity index (χ4n) is 2.63. The van der Waals surface area contributed by atoms with Crippen molar-refractivity contribution in [1.29, 1.82) is 0 Å². The van der Waals surface area contributed by atoms with Crippen molar-refractivity contribution >= 4 is 23.6 Å². The van der Waals surface area contributed by atoms with E-state index in [0.717, 1.165) is 8.47 Å². The predicted molar refractivity (Wildman–Crippen MR) is 67.7 cm³/mol. The number of rotatable bonds is 2. The van der Waals surface area contributed by atoms with Gasteiger partial charge < -0.3 is 0 Å². The zero-order valence-corrected chi connectivity index (χ0v) is 13.3. The van der Waals surface area contributed by atoms with Crippen molar-refractivity contribution < 1.29 is 40.4 Å².